The third kappa shape index (κ3) is 8.01. The van der Waals surface area contributed by atoms with Gasteiger partial charge in [-0.2, -0.15) is 0 Å². The van der Waals surface area contributed by atoms with Gasteiger partial charge < -0.3 is 25.1 Å². The molecule has 3 N–H and O–H groups in total. The molecule has 172 valence electrons. The molecule has 0 radical (unpaired) electrons. The highest BCUT2D eigenvalue weighted by Crippen LogP contribution is 2.31. The number of carbonyl (C=O) groups excluding carboxylic acids is 3. The second kappa shape index (κ2) is 11.5. The Morgan fingerprint density at radius 2 is 1.55 bits per heavy atom. The van der Waals surface area contributed by atoms with Crippen LogP contribution in [0, 0.1) is 5.92 Å². The second-order valence-electron chi connectivity index (χ2n) is 7.68. The summed E-state index contributed by atoms with van der Waals surface area (Å²) in [5.41, 5.74) is 4.86. The highest BCUT2D eigenvalue weighted by molar-refractivity contribution is 5.80. The maximum atomic E-state index is 11.9. The molecule has 1 aromatic carbocycles. The van der Waals surface area contributed by atoms with Crippen molar-refractivity contribution >= 4 is 23.9 Å². The smallest absolute Gasteiger partial charge is 0.324 e. The van der Waals surface area contributed by atoms with Crippen LogP contribution in [0.15, 0.2) is 18.2 Å². The predicted molar refractivity (Wildman–Crippen MR) is 112 cm³/mol. The SMILES string of the molecule is CCC(=O)Oc1ccc(CC(N)(C[C@H](C)OC(=O)C(C)C)C(=O)O)cc1OC(=O)CC. The van der Waals surface area contributed by atoms with Gasteiger partial charge >= 0.3 is 23.9 Å². The van der Waals surface area contributed by atoms with Crippen molar-refractivity contribution in [2.75, 3.05) is 0 Å². The molecule has 0 fully saturated rings. The van der Waals surface area contributed by atoms with Crippen LogP contribution in [0.3, 0.4) is 0 Å². The molecule has 0 aliphatic heterocycles. The molecule has 31 heavy (non-hydrogen) atoms. The van der Waals surface area contributed by atoms with Crippen molar-refractivity contribution in [2.45, 2.75) is 71.9 Å². The zero-order valence-corrected chi connectivity index (χ0v) is 18.6. The van der Waals surface area contributed by atoms with E-state index in [-0.39, 0.29) is 43.1 Å². The van der Waals surface area contributed by atoms with Crippen LogP contribution < -0.4 is 15.2 Å². The first-order chi connectivity index (χ1) is 14.4. The summed E-state index contributed by atoms with van der Waals surface area (Å²) >= 11 is 0. The first kappa shape index (κ1) is 26.1. The molecule has 0 aromatic heterocycles. The fraction of sp³-hybridized carbons (Fsp3) is 0.545. The topological polar surface area (TPSA) is 142 Å². The predicted octanol–water partition coefficient (Wildman–Crippen LogP) is 2.62. The number of hydrogen-bond acceptors (Lipinski definition) is 8. The molecule has 2 atom stereocenters. The molecular formula is C22H31NO8. The summed E-state index contributed by atoms with van der Waals surface area (Å²) in [7, 11) is 0. The number of benzene rings is 1. The van der Waals surface area contributed by atoms with E-state index in [0.29, 0.717) is 5.56 Å². The van der Waals surface area contributed by atoms with E-state index in [1.165, 1.54) is 18.2 Å². The monoisotopic (exact) mass is 437 g/mol. The molecule has 1 rings (SSSR count). The first-order valence-corrected chi connectivity index (χ1v) is 10.2. The van der Waals surface area contributed by atoms with E-state index in [0.717, 1.165) is 0 Å². The van der Waals surface area contributed by atoms with Crippen LogP contribution in [0.2, 0.25) is 0 Å². The minimum Gasteiger partial charge on any atom is -0.480 e. The van der Waals surface area contributed by atoms with Gasteiger partial charge in [0.2, 0.25) is 0 Å². The summed E-state index contributed by atoms with van der Waals surface area (Å²) in [6, 6.07) is 4.38. The number of carboxylic acid groups (broad SMARTS) is 1. The van der Waals surface area contributed by atoms with Crippen molar-refractivity contribution in [1.29, 1.82) is 0 Å². The Morgan fingerprint density at radius 3 is 2.03 bits per heavy atom. The van der Waals surface area contributed by atoms with Gasteiger partial charge in [-0.25, -0.2) is 0 Å². The van der Waals surface area contributed by atoms with Crippen LogP contribution in [0.5, 0.6) is 11.5 Å². The van der Waals surface area contributed by atoms with Gasteiger partial charge in [-0.1, -0.05) is 33.8 Å². The molecule has 0 heterocycles. The van der Waals surface area contributed by atoms with E-state index in [4.69, 9.17) is 19.9 Å². The zero-order chi connectivity index (χ0) is 23.8. The van der Waals surface area contributed by atoms with Gasteiger partial charge in [-0.05, 0) is 24.6 Å². The molecule has 1 unspecified atom stereocenters. The largest absolute Gasteiger partial charge is 0.480 e. The van der Waals surface area contributed by atoms with Gasteiger partial charge in [0.05, 0.1) is 5.92 Å². The third-order valence-electron chi connectivity index (χ3n) is 4.42. The number of rotatable bonds is 11. The number of hydrogen-bond donors (Lipinski definition) is 2. The molecular weight excluding hydrogens is 406 g/mol. The average Bonchev–Trinajstić information content (AvgIpc) is 2.69. The molecule has 1 aromatic rings. The molecule has 0 bridgehead atoms. The maximum Gasteiger partial charge on any atom is 0.324 e. The van der Waals surface area contributed by atoms with Crippen LogP contribution >= 0.6 is 0 Å². The van der Waals surface area contributed by atoms with Crippen LogP contribution in [0.25, 0.3) is 0 Å². The zero-order valence-electron chi connectivity index (χ0n) is 18.6. The minimum absolute atomic E-state index is 0.00169. The molecule has 0 aliphatic carbocycles. The highest BCUT2D eigenvalue weighted by atomic mass is 16.6. The number of esters is 3. The Labute approximate surface area is 181 Å². The Morgan fingerprint density at radius 1 is 1.00 bits per heavy atom. The van der Waals surface area contributed by atoms with Crippen molar-refractivity contribution in [3.63, 3.8) is 0 Å². The highest BCUT2D eigenvalue weighted by Gasteiger charge is 2.37. The number of nitrogens with two attached hydrogens (primary N) is 1. The lowest BCUT2D eigenvalue weighted by atomic mass is 9.86. The van der Waals surface area contributed by atoms with Crippen molar-refractivity contribution in [1.82, 2.24) is 0 Å². The van der Waals surface area contributed by atoms with E-state index in [2.05, 4.69) is 0 Å². The van der Waals surface area contributed by atoms with E-state index in [9.17, 15) is 24.3 Å². The van der Waals surface area contributed by atoms with Crippen LogP contribution in [-0.4, -0.2) is 40.6 Å². The van der Waals surface area contributed by atoms with E-state index >= 15 is 0 Å². The van der Waals surface area contributed by atoms with Gasteiger partial charge in [-0.15, -0.1) is 0 Å². The third-order valence-corrected chi connectivity index (χ3v) is 4.42. The van der Waals surface area contributed by atoms with Crippen LogP contribution in [0.1, 0.15) is 59.4 Å². The normalized spacial score (nSPS) is 13.8. The fourth-order valence-electron chi connectivity index (χ4n) is 2.70. The Balaban J connectivity index is 3.15. The number of aliphatic carboxylic acids is 1. The molecule has 0 saturated carbocycles. The lowest BCUT2D eigenvalue weighted by Gasteiger charge is -2.28. The summed E-state index contributed by atoms with van der Waals surface area (Å²) in [5.74, 6) is -3.08. The van der Waals surface area contributed by atoms with Gasteiger partial charge in [0, 0.05) is 25.7 Å². The Hall–Kier alpha value is -2.94. The molecule has 9 nitrogen and oxygen atoms in total. The fourth-order valence-corrected chi connectivity index (χ4v) is 2.70. The average molecular weight is 437 g/mol. The molecule has 0 aliphatic rings. The summed E-state index contributed by atoms with van der Waals surface area (Å²) in [6.07, 6.45) is -0.763. The van der Waals surface area contributed by atoms with Gasteiger partial charge in [0.15, 0.2) is 11.5 Å². The van der Waals surface area contributed by atoms with Crippen molar-refractivity contribution in [2.24, 2.45) is 11.7 Å². The second-order valence-corrected chi connectivity index (χ2v) is 7.68. The first-order valence-electron chi connectivity index (χ1n) is 10.2. The van der Waals surface area contributed by atoms with Crippen LogP contribution in [-0.2, 0) is 30.3 Å². The molecule has 9 heteroatoms. The summed E-state index contributed by atoms with van der Waals surface area (Å²) < 4.78 is 15.7. The van der Waals surface area contributed by atoms with E-state index < -0.39 is 35.5 Å². The number of ether oxygens (including phenoxy) is 3. The molecule has 0 saturated heterocycles. The van der Waals surface area contributed by atoms with Gasteiger partial charge in [0.25, 0.3) is 0 Å². The number of carboxylic acids is 1. The van der Waals surface area contributed by atoms with Crippen molar-refractivity contribution in [3.8, 4) is 11.5 Å². The van der Waals surface area contributed by atoms with Crippen LogP contribution in [0.4, 0.5) is 0 Å². The van der Waals surface area contributed by atoms with Crippen molar-refractivity contribution in [3.05, 3.63) is 23.8 Å². The number of carbonyl (C=O) groups is 4. The van der Waals surface area contributed by atoms with E-state index in [1.54, 1.807) is 34.6 Å². The standard InChI is InChI=1S/C22H31NO8/c1-6-18(24)30-16-9-8-15(10-17(16)31-19(25)7-2)12-22(23,21(27)28)11-14(5)29-20(26)13(3)4/h8-10,13-14H,6-7,11-12,23H2,1-5H3,(H,27,28)/t14-,22?/m0/s1. The lowest BCUT2D eigenvalue weighted by Crippen LogP contribution is -2.52. The maximum absolute atomic E-state index is 11.9. The minimum atomic E-state index is -1.75. The summed E-state index contributed by atoms with van der Waals surface area (Å²) in [6.45, 7) is 8.16. The Kier molecular flexibility index (Phi) is 9.64. The van der Waals surface area contributed by atoms with E-state index in [1.807, 2.05) is 0 Å². The molecule has 0 amide bonds. The lowest BCUT2D eigenvalue weighted by molar-refractivity contribution is -0.156. The van der Waals surface area contributed by atoms with Gasteiger partial charge in [-0.3, -0.25) is 19.2 Å². The van der Waals surface area contributed by atoms with Crippen molar-refractivity contribution < 1.29 is 38.5 Å². The quantitative estimate of drug-likeness (QED) is 0.394. The Bertz CT molecular complexity index is 820. The molecule has 0 spiro atoms. The van der Waals surface area contributed by atoms with Gasteiger partial charge in [0.1, 0.15) is 11.6 Å². The summed E-state index contributed by atoms with van der Waals surface area (Å²) in [5, 5.41) is 9.72. The summed E-state index contributed by atoms with van der Waals surface area (Å²) in [4.78, 5) is 47.1.